The first-order valence-electron chi connectivity index (χ1n) is 5.98. The summed E-state index contributed by atoms with van der Waals surface area (Å²) in [5.41, 5.74) is 2.75. The molecule has 3 rings (SSSR count). The third kappa shape index (κ3) is 2.30. The van der Waals surface area contributed by atoms with E-state index in [4.69, 9.17) is 4.74 Å². The van der Waals surface area contributed by atoms with E-state index in [0.29, 0.717) is 24.6 Å². The van der Waals surface area contributed by atoms with Crippen LogP contribution in [-0.2, 0) is 17.8 Å². The molecule has 0 spiro atoms. The van der Waals surface area contributed by atoms with E-state index in [2.05, 4.69) is 15.5 Å². The Hall–Kier alpha value is -2.34. The molecule has 2 aromatic rings. The molecule has 0 radical (unpaired) electrons. The van der Waals surface area contributed by atoms with E-state index in [-0.39, 0.29) is 11.7 Å². The van der Waals surface area contributed by atoms with Crippen LogP contribution in [0.2, 0.25) is 0 Å². The standard InChI is InChI=1S/C13H13N3O3/c17-9-3-1-8(2-4-9)14-13(18)12-10-7-19-6-5-11(10)15-16-12/h1-4,17H,5-7H2,(H,14,18)(H,15,16). The average Bonchev–Trinajstić information content (AvgIpc) is 2.85. The molecule has 19 heavy (non-hydrogen) atoms. The molecule has 6 nitrogen and oxygen atoms in total. The van der Waals surface area contributed by atoms with Crippen molar-refractivity contribution in [2.24, 2.45) is 0 Å². The van der Waals surface area contributed by atoms with Gasteiger partial charge in [-0.2, -0.15) is 5.10 Å². The number of nitrogens with zero attached hydrogens (tertiary/aromatic N) is 1. The Morgan fingerprint density at radius 1 is 1.37 bits per heavy atom. The molecule has 0 unspecified atom stereocenters. The molecule has 0 aliphatic carbocycles. The Morgan fingerprint density at radius 2 is 2.16 bits per heavy atom. The minimum Gasteiger partial charge on any atom is -0.508 e. The van der Waals surface area contributed by atoms with Crippen LogP contribution in [0.3, 0.4) is 0 Å². The van der Waals surface area contributed by atoms with E-state index in [9.17, 15) is 9.90 Å². The van der Waals surface area contributed by atoms with Crippen LogP contribution in [0.15, 0.2) is 24.3 Å². The van der Waals surface area contributed by atoms with E-state index in [0.717, 1.165) is 17.7 Å². The lowest BCUT2D eigenvalue weighted by Crippen LogP contribution is -2.17. The number of ether oxygens (including phenoxy) is 1. The highest BCUT2D eigenvalue weighted by Gasteiger charge is 2.22. The lowest BCUT2D eigenvalue weighted by molar-refractivity contribution is 0.0985. The molecule has 6 heteroatoms. The largest absolute Gasteiger partial charge is 0.508 e. The van der Waals surface area contributed by atoms with Crippen molar-refractivity contribution in [2.75, 3.05) is 11.9 Å². The molecule has 3 N–H and O–H groups in total. The number of anilines is 1. The molecular formula is C13H13N3O3. The SMILES string of the molecule is O=C(Nc1ccc(O)cc1)c1n[nH]c2c1COCC2. The maximum absolute atomic E-state index is 12.1. The van der Waals surface area contributed by atoms with Crippen molar-refractivity contribution in [1.29, 1.82) is 0 Å². The maximum atomic E-state index is 12.1. The second-order valence-electron chi connectivity index (χ2n) is 4.33. The monoisotopic (exact) mass is 259 g/mol. The van der Waals surface area contributed by atoms with Gasteiger partial charge in [0, 0.05) is 23.4 Å². The van der Waals surface area contributed by atoms with Gasteiger partial charge in [-0.05, 0) is 24.3 Å². The van der Waals surface area contributed by atoms with Crippen molar-refractivity contribution in [3.05, 3.63) is 41.2 Å². The number of aromatic nitrogens is 2. The first kappa shape index (κ1) is 11.7. The number of nitrogens with one attached hydrogen (secondary N) is 2. The number of phenolic OH excluding ortho intramolecular Hbond substituents is 1. The van der Waals surface area contributed by atoms with Gasteiger partial charge in [-0.1, -0.05) is 0 Å². The van der Waals surface area contributed by atoms with E-state index in [1.165, 1.54) is 12.1 Å². The fourth-order valence-electron chi connectivity index (χ4n) is 2.03. The number of H-pyrrole nitrogens is 1. The van der Waals surface area contributed by atoms with Crippen LogP contribution in [-0.4, -0.2) is 27.8 Å². The highest BCUT2D eigenvalue weighted by atomic mass is 16.5. The van der Waals surface area contributed by atoms with Gasteiger partial charge in [0.05, 0.1) is 13.2 Å². The number of aromatic amines is 1. The zero-order valence-electron chi connectivity index (χ0n) is 10.1. The first-order valence-corrected chi connectivity index (χ1v) is 5.98. The van der Waals surface area contributed by atoms with Gasteiger partial charge in [0.25, 0.3) is 5.91 Å². The molecule has 98 valence electrons. The minimum atomic E-state index is -0.284. The Labute approximate surface area is 109 Å². The molecule has 1 aliphatic heterocycles. The van der Waals surface area contributed by atoms with Gasteiger partial charge in [0.2, 0.25) is 0 Å². The quantitative estimate of drug-likeness (QED) is 0.712. The van der Waals surface area contributed by atoms with E-state index >= 15 is 0 Å². The summed E-state index contributed by atoms with van der Waals surface area (Å²) < 4.78 is 5.34. The number of carbonyl (C=O) groups excluding carboxylic acids is 1. The van der Waals surface area contributed by atoms with Crippen LogP contribution >= 0.6 is 0 Å². The highest BCUT2D eigenvalue weighted by Crippen LogP contribution is 2.20. The van der Waals surface area contributed by atoms with Gasteiger partial charge in [-0.3, -0.25) is 9.89 Å². The van der Waals surface area contributed by atoms with Crippen molar-refractivity contribution in [3.8, 4) is 5.75 Å². The van der Waals surface area contributed by atoms with Crippen LogP contribution < -0.4 is 5.32 Å². The van der Waals surface area contributed by atoms with Gasteiger partial charge in [-0.25, -0.2) is 0 Å². The van der Waals surface area contributed by atoms with Gasteiger partial charge >= 0.3 is 0 Å². The second kappa shape index (κ2) is 4.74. The van der Waals surface area contributed by atoms with Crippen LogP contribution in [0, 0.1) is 0 Å². The topological polar surface area (TPSA) is 87.2 Å². The van der Waals surface area contributed by atoms with E-state index in [1.807, 2.05) is 0 Å². The number of fused-ring (bicyclic) bond motifs is 1. The number of benzene rings is 1. The summed E-state index contributed by atoms with van der Waals surface area (Å²) in [5.74, 6) is -0.128. The molecule has 0 fully saturated rings. The third-order valence-corrected chi connectivity index (χ3v) is 3.04. The predicted molar refractivity (Wildman–Crippen MR) is 68.0 cm³/mol. The van der Waals surface area contributed by atoms with Crippen LogP contribution in [0.25, 0.3) is 0 Å². The summed E-state index contributed by atoms with van der Waals surface area (Å²) in [6.45, 7) is 1.05. The minimum absolute atomic E-state index is 0.156. The fraction of sp³-hybridized carbons (Fsp3) is 0.231. The van der Waals surface area contributed by atoms with Gasteiger partial charge < -0.3 is 15.2 Å². The second-order valence-corrected chi connectivity index (χ2v) is 4.33. The van der Waals surface area contributed by atoms with Crippen LogP contribution in [0.4, 0.5) is 5.69 Å². The number of hydrogen-bond acceptors (Lipinski definition) is 4. The summed E-state index contributed by atoms with van der Waals surface area (Å²) in [7, 11) is 0. The van der Waals surface area contributed by atoms with Crippen LogP contribution in [0.1, 0.15) is 21.7 Å². The normalized spacial score (nSPS) is 13.9. The van der Waals surface area contributed by atoms with Crippen molar-refractivity contribution < 1.29 is 14.6 Å². The Balaban J connectivity index is 1.80. The average molecular weight is 259 g/mol. The van der Waals surface area contributed by atoms with Crippen molar-refractivity contribution in [3.63, 3.8) is 0 Å². The van der Waals surface area contributed by atoms with Crippen molar-refractivity contribution in [1.82, 2.24) is 10.2 Å². The molecule has 1 amide bonds. The van der Waals surface area contributed by atoms with Gasteiger partial charge in [0.1, 0.15) is 5.75 Å². The Kier molecular flexibility index (Phi) is 2.92. The summed E-state index contributed by atoms with van der Waals surface area (Å²) in [6, 6.07) is 6.28. The smallest absolute Gasteiger partial charge is 0.276 e. The first-order chi connectivity index (χ1) is 9.24. The lowest BCUT2D eigenvalue weighted by atomic mass is 10.1. The number of carbonyl (C=O) groups is 1. The number of hydrogen-bond donors (Lipinski definition) is 3. The molecule has 0 saturated carbocycles. The summed E-state index contributed by atoms with van der Waals surface area (Å²) in [5, 5.41) is 18.8. The number of phenols is 1. The third-order valence-electron chi connectivity index (χ3n) is 3.04. The van der Waals surface area contributed by atoms with Gasteiger partial charge in [-0.15, -0.1) is 0 Å². The molecule has 1 aromatic carbocycles. The molecule has 0 saturated heterocycles. The summed E-state index contributed by atoms with van der Waals surface area (Å²) in [4.78, 5) is 12.1. The summed E-state index contributed by atoms with van der Waals surface area (Å²) in [6.07, 6.45) is 0.745. The fourth-order valence-corrected chi connectivity index (χ4v) is 2.03. The predicted octanol–water partition coefficient (Wildman–Crippen LogP) is 1.44. The van der Waals surface area contributed by atoms with E-state index < -0.39 is 0 Å². The molecule has 0 bridgehead atoms. The molecule has 0 atom stereocenters. The Bertz CT molecular complexity index is 604. The number of aromatic hydroxyl groups is 1. The zero-order valence-corrected chi connectivity index (χ0v) is 10.1. The Morgan fingerprint density at radius 3 is 2.95 bits per heavy atom. The van der Waals surface area contributed by atoms with Crippen LogP contribution in [0.5, 0.6) is 5.75 Å². The molecule has 2 heterocycles. The summed E-state index contributed by atoms with van der Waals surface area (Å²) >= 11 is 0. The molecule has 1 aliphatic rings. The van der Waals surface area contributed by atoms with E-state index in [1.54, 1.807) is 12.1 Å². The number of amides is 1. The highest BCUT2D eigenvalue weighted by molar-refractivity contribution is 6.04. The number of rotatable bonds is 2. The zero-order chi connectivity index (χ0) is 13.2. The van der Waals surface area contributed by atoms with Gasteiger partial charge in [0.15, 0.2) is 5.69 Å². The molecular weight excluding hydrogens is 246 g/mol. The lowest BCUT2D eigenvalue weighted by Gasteiger charge is -2.12. The molecule has 1 aromatic heterocycles. The maximum Gasteiger partial charge on any atom is 0.276 e. The van der Waals surface area contributed by atoms with Crippen molar-refractivity contribution in [2.45, 2.75) is 13.0 Å². The van der Waals surface area contributed by atoms with Crippen molar-refractivity contribution >= 4 is 11.6 Å².